The van der Waals surface area contributed by atoms with Crippen LogP contribution in [0.2, 0.25) is 5.28 Å². The highest BCUT2D eigenvalue weighted by molar-refractivity contribution is 7.07. The third-order valence-electron chi connectivity index (χ3n) is 1.75. The summed E-state index contributed by atoms with van der Waals surface area (Å²) in [7, 11) is 0. The number of nitrogens with zero attached hydrogens (tertiary/aromatic N) is 2. The number of halogens is 2. The lowest BCUT2D eigenvalue weighted by atomic mass is 10.3. The second-order valence-corrected chi connectivity index (χ2v) is 3.94. The van der Waals surface area contributed by atoms with Gasteiger partial charge in [0.05, 0.1) is 6.20 Å². The van der Waals surface area contributed by atoms with Gasteiger partial charge in [0.25, 0.3) is 0 Å². The number of hydrogen-bond acceptors (Lipinski definition) is 4. The molecule has 0 spiro atoms. The number of aromatic nitrogens is 2. The van der Waals surface area contributed by atoms with E-state index in [4.69, 9.17) is 11.6 Å². The lowest BCUT2D eigenvalue weighted by Crippen LogP contribution is -2.03. The zero-order chi connectivity index (χ0) is 10.7. The largest absolute Gasteiger partial charge is 0.363 e. The van der Waals surface area contributed by atoms with Gasteiger partial charge < -0.3 is 5.32 Å². The summed E-state index contributed by atoms with van der Waals surface area (Å²) in [6.45, 7) is 0.522. The van der Waals surface area contributed by atoms with Crippen LogP contribution in [0.4, 0.5) is 10.2 Å². The van der Waals surface area contributed by atoms with Gasteiger partial charge in [0.1, 0.15) is 0 Å². The van der Waals surface area contributed by atoms with E-state index >= 15 is 0 Å². The maximum Gasteiger partial charge on any atom is 0.224 e. The highest BCUT2D eigenvalue weighted by Gasteiger charge is 2.05. The van der Waals surface area contributed by atoms with Gasteiger partial charge >= 0.3 is 0 Å². The Morgan fingerprint density at radius 3 is 3.13 bits per heavy atom. The number of hydrogen-bond donors (Lipinski definition) is 1. The summed E-state index contributed by atoms with van der Waals surface area (Å²) in [5.74, 6) is -0.379. The first kappa shape index (κ1) is 10.3. The van der Waals surface area contributed by atoms with Crippen molar-refractivity contribution in [2.24, 2.45) is 0 Å². The van der Waals surface area contributed by atoms with Crippen LogP contribution in [0.5, 0.6) is 0 Å². The predicted octanol–water partition coefficient (Wildman–Crippen LogP) is 2.94. The molecule has 78 valence electrons. The molecule has 0 amide bonds. The van der Waals surface area contributed by atoms with Crippen LogP contribution in [0, 0.1) is 5.82 Å². The highest BCUT2D eigenvalue weighted by atomic mass is 35.5. The Kier molecular flexibility index (Phi) is 3.13. The molecule has 2 rings (SSSR count). The van der Waals surface area contributed by atoms with E-state index < -0.39 is 5.82 Å². The molecule has 0 saturated heterocycles. The Morgan fingerprint density at radius 1 is 1.53 bits per heavy atom. The van der Waals surface area contributed by atoms with E-state index in [1.54, 1.807) is 11.3 Å². The van der Waals surface area contributed by atoms with Crippen molar-refractivity contribution in [3.63, 3.8) is 0 Å². The predicted molar refractivity (Wildman–Crippen MR) is 58.6 cm³/mol. The molecular weight excluding hydrogens is 237 g/mol. The molecule has 2 aromatic heterocycles. The summed E-state index contributed by atoms with van der Waals surface area (Å²) in [6, 6.07) is 1.96. The van der Waals surface area contributed by atoms with Crippen molar-refractivity contribution >= 4 is 28.8 Å². The van der Waals surface area contributed by atoms with E-state index in [0.29, 0.717) is 6.54 Å². The van der Waals surface area contributed by atoms with Crippen molar-refractivity contribution in [2.75, 3.05) is 5.32 Å². The third-order valence-corrected chi connectivity index (χ3v) is 2.67. The highest BCUT2D eigenvalue weighted by Crippen LogP contribution is 2.14. The molecule has 1 N–H and O–H groups in total. The minimum absolute atomic E-state index is 0.0317. The molecule has 0 saturated carbocycles. The van der Waals surface area contributed by atoms with E-state index in [2.05, 4.69) is 15.3 Å². The van der Waals surface area contributed by atoms with E-state index in [1.807, 2.05) is 16.8 Å². The van der Waals surface area contributed by atoms with Crippen LogP contribution in [-0.4, -0.2) is 9.97 Å². The van der Waals surface area contributed by atoms with Gasteiger partial charge in [-0.05, 0) is 34.0 Å². The topological polar surface area (TPSA) is 37.8 Å². The van der Waals surface area contributed by atoms with Gasteiger partial charge in [0.2, 0.25) is 5.28 Å². The Balaban J connectivity index is 2.07. The monoisotopic (exact) mass is 243 g/mol. The summed E-state index contributed by atoms with van der Waals surface area (Å²) in [4.78, 5) is 7.27. The molecule has 0 radical (unpaired) electrons. The van der Waals surface area contributed by atoms with Gasteiger partial charge in [-0.1, -0.05) is 0 Å². The average Bonchev–Trinajstić information content (AvgIpc) is 2.72. The van der Waals surface area contributed by atoms with E-state index in [1.165, 1.54) is 0 Å². The minimum atomic E-state index is -0.505. The van der Waals surface area contributed by atoms with Gasteiger partial charge in [0.15, 0.2) is 11.6 Å². The van der Waals surface area contributed by atoms with Crippen molar-refractivity contribution < 1.29 is 4.39 Å². The molecule has 0 aliphatic rings. The summed E-state index contributed by atoms with van der Waals surface area (Å²) in [5.41, 5.74) is 1.08. The molecule has 0 bridgehead atoms. The Hall–Kier alpha value is -1.20. The van der Waals surface area contributed by atoms with Crippen LogP contribution in [0.25, 0.3) is 0 Å². The zero-order valence-electron chi connectivity index (χ0n) is 7.58. The molecule has 0 aliphatic heterocycles. The Bertz CT molecular complexity index is 447. The molecule has 0 unspecified atom stereocenters. The SMILES string of the molecule is Fc1cnc(Cl)nc1NCc1ccsc1. The van der Waals surface area contributed by atoms with Crippen LogP contribution in [0.15, 0.2) is 23.0 Å². The fraction of sp³-hybridized carbons (Fsp3) is 0.111. The zero-order valence-corrected chi connectivity index (χ0v) is 9.15. The molecule has 2 aromatic rings. The first-order chi connectivity index (χ1) is 7.25. The van der Waals surface area contributed by atoms with Gasteiger partial charge in [-0.2, -0.15) is 16.3 Å². The second-order valence-electron chi connectivity index (χ2n) is 2.82. The Morgan fingerprint density at radius 2 is 2.40 bits per heavy atom. The molecule has 6 heteroatoms. The first-order valence-corrected chi connectivity index (χ1v) is 5.51. The normalized spacial score (nSPS) is 10.3. The van der Waals surface area contributed by atoms with E-state index in [9.17, 15) is 4.39 Å². The van der Waals surface area contributed by atoms with Crippen molar-refractivity contribution in [3.8, 4) is 0 Å². The van der Waals surface area contributed by atoms with Gasteiger partial charge in [-0.15, -0.1) is 0 Å². The number of nitrogens with one attached hydrogen (secondary N) is 1. The first-order valence-electron chi connectivity index (χ1n) is 4.18. The molecule has 15 heavy (non-hydrogen) atoms. The van der Waals surface area contributed by atoms with Gasteiger partial charge in [-0.25, -0.2) is 9.37 Å². The van der Waals surface area contributed by atoms with Crippen molar-refractivity contribution in [2.45, 2.75) is 6.54 Å². The lowest BCUT2D eigenvalue weighted by molar-refractivity contribution is 0.616. The summed E-state index contributed by atoms with van der Waals surface area (Å²) in [6.07, 6.45) is 1.05. The second kappa shape index (κ2) is 4.55. The molecule has 0 aliphatic carbocycles. The lowest BCUT2D eigenvalue weighted by Gasteiger charge is -2.04. The van der Waals surface area contributed by atoms with Crippen LogP contribution >= 0.6 is 22.9 Å². The van der Waals surface area contributed by atoms with Crippen LogP contribution in [0.3, 0.4) is 0 Å². The number of anilines is 1. The molecule has 3 nitrogen and oxygen atoms in total. The standard InChI is InChI=1S/C9H7ClFN3S/c10-9-13-4-7(11)8(14-9)12-3-6-1-2-15-5-6/h1-2,4-5H,3H2,(H,12,13,14). The smallest absolute Gasteiger partial charge is 0.224 e. The Labute approximate surface area is 95.0 Å². The number of thiophene rings is 1. The maximum atomic E-state index is 13.2. The minimum Gasteiger partial charge on any atom is -0.363 e. The van der Waals surface area contributed by atoms with E-state index in [0.717, 1.165) is 11.8 Å². The van der Waals surface area contributed by atoms with Crippen LogP contribution in [-0.2, 0) is 6.54 Å². The average molecular weight is 244 g/mol. The summed E-state index contributed by atoms with van der Waals surface area (Å²) >= 11 is 7.14. The third kappa shape index (κ3) is 2.64. The van der Waals surface area contributed by atoms with Crippen LogP contribution < -0.4 is 5.32 Å². The fourth-order valence-corrected chi connectivity index (χ4v) is 1.85. The quantitative estimate of drug-likeness (QED) is 0.843. The summed E-state index contributed by atoms with van der Waals surface area (Å²) in [5, 5.41) is 6.82. The van der Waals surface area contributed by atoms with Crippen molar-refractivity contribution in [1.82, 2.24) is 9.97 Å². The summed E-state index contributed by atoms with van der Waals surface area (Å²) < 4.78 is 13.2. The van der Waals surface area contributed by atoms with Gasteiger partial charge in [-0.3, -0.25) is 0 Å². The number of rotatable bonds is 3. The fourth-order valence-electron chi connectivity index (χ4n) is 1.05. The van der Waals surface area contributed by atoms with Crippen molar-refractivity contribution in [3.05, 3.63) is 39.7 Å². The van der Waals surface area contributed by atoms with Crippen molar-refractivity contribution in [1.29, 1.82) is 0 Å². The van der Waals surface area contributed by atoms with E-state index in [-0.39, 0.29) is 11.1 Å². The van der Waals surface area contributed by atoms with Crippen LogP contribution in [0.1, 0.15) is 5.56 Å². The molecule has 0 fully saturated rings. The maximum absolute atomic E-state index is 13.2. The molecule has 2 heterocycles. The van der Waals surface area contributed by atoms with Gasteiger partial charge in [0, 0.05) is 6.54 Å². The molecule has 0 aromatic carbocycles. The molecular formula is C9H7ClFN3S. The molecule has 0 atom stereocenters.